The monoisotopic (exact) mass is 735 g/mol. The van der Waals surface area contributed by atoms with Crippen LogP contribution in [0.4, 0.5) is 17.6 Å². The third kappa shape index (κ3) is 8.41. The summed E-state index contributed by atoms with van der Waals surface area (Å²) in [7, 11) is -2.41. The lowest BCUT2D eigenvalue weighted by atomic mass is 9.74. The van der Waals surface area contributed by atoms with Crippen LogP contribution in [0.1, 0.15) is 114 Å². The van der Waals surface area contributed by atoms with Gasteiger partial charge in [-0.2, -0.15) is 18.3 Å². The summed E-state index contributed by atoms with van der Waals surface area (Å²) in [6.45, 7) is 11.8. The van der Waals surface area contributed by atoms with Gasteiger partial charge in [-0.05, 0) is 88.1 Å². The highest BCUT2D eigenvalue weighted by Crippen LogP contribution is 2.48. The van der Waals surface area contributed by atoms with Crippen molar-refractivity contribution in [2.75, 3.05) is 19.7 Å². The molecule has 4 rings (SSSR count). The smallest absolute Gasteiger partial charge is 0.433 e. The number of benzene rings is 1. The van der Waals surface area contributed by atoms with Gasteiger partial charge in [0.2, 0.25) is 0 Å². The quantitative estimate of drug-likeness (QED) is 0.110. The fraction of sp³-hybridized carbons (Fsp3) is 0.676. The first-order valence-corrected chi connectivity index (χ1v) is 20.2. The van der Waals surface area contributed by atoms with E-state index in [4.69, 9.17) is 32.4 Å². The minimum absolute atomic E-state index is 0.0251. The van der Waals surface area contributed by atoms with E-state index in [0.717, 1.165) is 54.0 Å². The van der Waals surface area contributed by atoms with Gasteiger partial charge in [0, 0.05) is 12.1 Å². The summed E-state index contributed by atoms with van der Waals surface area (Å²) >= 11 is 13.1. The zero-order valence-corrected chi connectivity index (χ0v) is 31.1. The molecule has 0 radical (unpaired) electrons. The second-order valence-corrected chi connectivity index (χ2v) is 19.5. The van der Waals surface area contributed by atoms with Crippen LogP contribution < -0.4 is 0 Å². The highest BCUT2D eigenvalue weighted by molar-refractivity contribution is 6.73. The molecule has 268 valence electrons. The van der Waals surface area contributed by atoms with Crippen LogP contribution in [0.15, 0.2) is 18.3 Å². The maximum atomic E-state index is 14.9. The molecule has 0 N–H and O–H groups in total. The lowest BCUT2D eigenvalue weighted by Gasteiger charge is -2.37. The third-order valence-corrected chi connectivity index (χ3v) is 15.8. The van der Waals surface area contributed by atoms with Crippen LogP contribution in [-0.4, -0.2) is 54.6 Å². The Hall–Kier alpha value is -2.15. The van der Waals surface area contributed by atoms with Crippen molar-refractivity contribution in [2.45, 2.75) is 117 Å². The Kier molecular flexibility index (Phi) is 12.1. The van der Waals surface area contributed by atoms with Crippen LogP contribution in [0.2, 0.25) is 28.2 Å². The fourth-order valence-electron chi connectivity index (χ4n) is 6.84. The number of carbonyl (C=O) groups is 2. The van der Waals surface area contributed by atoms with Crippen molar-refractivity contribution in [3.8, 4) is 0 Å². The molecule has 0 aliphatic heterocycles. The molecular weight excluding hydrogens is 689 g/mol. The van der Waals surface area contributed by atoms with E-state index in [-0.39, 0.29) is 54.0 Å². The molecule has 2 aliphatic carbocycles. The Morgan fingerprint density at radius 3 is 2.08 bits per heavy atom. The molecule has 0 spiro atoms. The first-order valence-electron chi connectivity index (χ1n) is 16.9. The van der Waals surface area contributed by atoms with Gasteiger partial charge in [0.1, 0.15) is 5.82 Å². The van der Waals surface area contributed by atoms with E-state index in [2.05, 4.69) is 5.10 Å². The maximum Gasteiger partial charge on any atom is 0.433 e. The number of rotatable bonds is 14. The highest BCUT2D eigenvalue weighted by atomic mass is 35.5. The fourth-order valence-corrected chi connectivity index (χ4v) is 10.3. The van der Waals surface area contributed by atoms with Crippen molar-refractivity contribution >= 4 is 43.4 Å². The maximum absolute atomic E-state index is 14.9. The predicted molar refractivity (Wildman–Crippen MR) is 180 cm³/mol. The number of esters is 1. The molecule has 2 saturated carbocycles. The summed E-state index contributed by atoms with van der Waals surface area (Å²) in [6.07, 6.45) is -1.96. The molecular formula is C34H47Cl2F4N3O4Si. The van der Waals surface area contributed by atoms with E-state index in [1.807, 2.05) is 27.7 Å². The lowest BCUT2D eigenvalue weighted by molar-refractivity contribution is -0.157. The Bertz CT molecular complexity index is 1440. The highest BCUT2D eigenvalue weighted by Gasteiger charge is 2.47. The molecule has 0 bridgehead atoms. The molecule has 7 nitrogen and oxygen atoms in total. The Balaban J connectivity index is 1.74. The van der Waals surface area contributed by atoms with Crippen LogP contribution >= 0.6 is 23.2 Å². The van der Waals surface area contributed by atoms with E-state index in [1.54, 1.807) is 13.8 Å². The van der Waals surface area contributed by atoms with Crippen LogP contribution in [0, 0.1) is 16.6 Å². The van der Waals surface area contributed by atoms with Gasteiger partial charge in [0.05, 0.1) is 52.5 Å². The predicted octanol–water partition coefficient (Wildman–Crippen LogP) is 10.0. The molecule has 1 amide bonds. The van der Waals surface area contributed by atoms with Crippen LogP contribution in [0.25, 0.3) is 0 Å². The van der Waals surface area contributed by atoms with E-state index >= 15 is 0 Å². The van der Waals surface area contributed by atoms with Crippen molar-refractivity contribution in [3.63, 3.8) is 0 Å². The molecule has 1 atom stereocenters. The van der Waals surface area contributed by atoms with Crippen molar-refractivity contribution in [1.29, 1.82) is 0 Å². The number of halogens is 6. The minimum atomic E-state index is -4.88. The van der Waals surface area contributed by atoms with E-state index in [9.17, 15) is 27.2 Å². The summed E-state index contributed by atoms with van der Waals surface area (Å²) in [5, 5.41) is 4.20. The number of amides is 1. The summed E-state index contributed by atoms with van der Waals surface area (Å²) < 4.78 is 71.9. The molecule has 2 aromatic rings. The van der Waals surface area contributed by atoms with Gasteiger partial charge in [-0.15, -0.1) is 0 Å². The Morgan fingerprint density at radius 1 is 1.04 bits per heavy atom. The molecule has 2 aliphatic rings. The first kappa shape index (κ1) is 38.6. The second kappa shape index (κ2) is 15.0. The van der Waals surface area contributed by atoms with Gasteiger partial charge in [-0.1, -0.05) is 50.9 Å². The number of hydrogen-bond donors (Lipinski definition) is 0. The minimum Gasteiger partial charge on any atom is -0.466 e. The van der Waals surface area contributed by atoms with E-state index < -0.39 is 55.0 Å². The molecule has 0 saturated heterocycles. The largest absolute Gasteiger partial charge is 0.466 e. The van der Waals surface area contributed by atoms with Crippen molar-refractivity contribution in [1.82, 2.24) is 14.7 Å². The molecule has 1 aromatic carbocycles. The summed E-state index contributed by atoms with van der Waals surface area (Å²) in [6, 6.07) is 3.85. The van der Waals surface area contributed by atoms with E-state index in [0.29, 0.717) is 18.4 Å². The average molecular weight is 737 g/mol. The summed E-state index contributed by atoms with van der Waals surface area (Å²) in [5.74, 6) is -1.82. The number of ether oxygens (including phenoxy) is 1. The van der Waals surface area contributed by atoms with Gasteiger partial charge in [0.15, 0.2) is 14.0 Å². The average Bonchev–Trinajstić information content (AvgIpc) is 3.57. The molecule has 1 unspecified atom stereocenters. The normalized spacial score (nSPS) is 21.5. The lowest BCUT2D eigenvalue weighted by Crippen LogP contribution is -2.44. The van der Waals surface area contributed by atoms with Crippen LogP contribution in [0.5, 0.6) is 0 Å². The molecule has 2 fully saturated rings. The number of aromatic nitrogens is 2. The molecule has 1 heterocycles. The Labute approximate surface area is 291 Å². The number of carbonyl (C=O) groups excluding carboxylic acids is 2. The topological polar surface area (TPSA) is 73.7 Å². The van der Waals surface area contributed by atoms with Crippen LogP contribution in [0.3, 0.4) is 0 Å². The summed E-state index contributed by atoms with van der Waals surface area (Å²) in [5.41, 5.74) is -2.42. The van der Waals surface area contributed by atoms with Gasteiger partial charge in [-0.3, -0.25) is 14.3 Å². The number of alkyl halides is 3. The zero-order valence-electron chi connectivity index (χ0n) is 28.6. The van der Waals surface area contributed by atoms with Gasteiger partial charge in [-0.25, -0.2) is 4.39 Å². The first-order chi connectivity index (χ1) is 22.4. The molecule has 14 heteroatoms. The van der Waals surface area contributed by atoms with Crippen molar-refractivity contribution in [2.24, 2.45) is 10.8 Å². The third-order valence-electron chi connectivity index (χ3n) is 10.5. The number of hydrogen-bond acceptors (Lipinski definition) is 5. The Morgan fingerprint density at radius 2 is 1.60 bits per heavy atom. The molecule has 1 aromatic heterocycles. The number of nitrogens with zero attached hydrogens (tertiary/aromatic N) is 3. The van der Waals surface area contributed by atoms with Gasteiger partial charge >= 0.3 is 12.1 Å². The molecule has 48 heavy (non-hydrogen) atoms. The standard InChI is InChI=1S/C34H47Cl2F4N3O4Si/c1-7-46-31(45)33(6)13-11-23(12-14-33)43-29(34(38,39)40)24(19-41-43)30(44)42(21-32(5)15-16-32)20-27(47-48(8-2,9-3)10-4)28-25(35)17-22(37)18-26(28)36/h17-19,23,27H,7-16,20-21H2,1-6H3. The zero-order chi connectivity index (χ0) is 35.7. The van der Waals surface area contributed by atoms with E-state index in [1.165, 1.54) is 4.90 Å². The summed E-state index contributed by atoms with van der Waals surface area (Å²) in [4.78, 5) is 28.3. The second-order valence-electron chi connectivity index (χ2n) is 14.0. The SMILES string of the molecule is CCOC(=O)C1(C)CCC(n2ncc(C(=O)N(CC(O[Si](CC)(CC)CC)c3c(Cl)cc(F)cc3Cl)CC3(C)CC3)c2C(F)(F)F)CC1. The van der Waals surface area contributed by atoms with Crippen LogP contribution in [-0.2, 0) is 20.1 Å². The van der Waals surface area contributed by atoms with Gasteiger partial charge in [0.25, 0.3) is 5.91 Å². The van der Waals surface area contributed by atoms with Crippen molar-refractivity contribution < 1.29 is 36.3 Å². The van der Waals surface area contributed by atoms with Crippen molar-refractivity contribution in [3.05, 3.63) is 51.0 Å². The van der Waals surface area contributed by atoms with Gasteiger partial charge < -0.3 is 14.1 Å².